The molecule has 0 aliphatic carbocycles. The van der Waals surface area contributed by atoms with Gasteiger partial charge in [0.1, 0.15) is 0 Å². The zero-order valence-electron chi connectivity index (χ0n) is 17.1. The average molecular weight is 394 g/mol. The van der Waals surface area contributed by atoms with Crippen LogP contribution in [0.2, 0.25) is 0 Å². The van der Waals surface area contributed by atoms with Gasteiger partial charge in [-0.25, -0.2) is 4.79 Å². The summed E-state index contributed by atoms with van der Waals surface area (Å²) in [4.78, 5) is 31.5. The van der Waals surface area contributed by atoms with Crippen molar-refractivity contribution < 1.29 is 9.59 Å². The highest BCUT2D eigenvalue weighted by Crippen LogP contribution is 2.23. The molecular weight excluding hydrogens is 368 g/mol. The smallest absolute Gasteiger partial charge is 0.327 e. The van der Waals surface area contributed by atoms with Crippen molar-refractivity contribution >= 4 is 17.8 Å². The summed E-state index contributed by atoms with van der Waals surface area (Å²) >= 11 is 0. The van der Waals surface area contributed by atoms with Crippen molar-refractivity contribution in [3.63, 3.8) is 0 Å². The second-order valence-electron chi connectivity index (χ2n) is 7.70. The van der Waals surface area contributed by atoms with Crippen LogP contribution in [0.4, 0.5) is 10.6 Å². The molecule has 2 aromatic rings. The van der Waals surface area contributed by atoms with Crippen LogP contribution in [0.1, 0.15) is 12.0 Å². The fraction of sp³-hybridized carbons (Fsp3) is 0.429. The first-order valence-corrected chi connectivity index (χ1v) is 9.87. The lowest BCUT2D eigenvalue weighted by Gasteiger charge is -2.45. The number of benzene rings is 1. The molecule has 2 aliphatic heterocycles. The minimum Gasteiger partial charge on any atom is -0.353 e. The number of carbonyl (C=O) groups excluding carboxylic acids is 2. The van der Waals surface area contributed by atoms with Gasteiger partial charge >= 0.3 is 6.03 Å². The largest absolute Gasteiger partial charge is 0.353 e. The summed E-state index contributed by atoms with van der Waals surface area (Å²) in [5.74, 6) is 0.725. The van der Waals surface area contributed by atoms with E-state index in [0.29, 0.717) is 6.42 Å². The number of urea groups is 1. The van der Waals surface area contributed by atoms with E-state index in [1.807, 2.05) is 12.1 Å². The number of aromatic nitrogens is 2. The molecule has 1 aromatic carbocycles. The normalized spacial score (nSPS) is 21.1. The summed E-state index contributed by atoms with van der Waals surface area (Å²) < 4.78 is 0. The first-order valence-electron chi connectivity index (χ1n) is 9.87. The quantitative estimate of drug-likeness (QED) is 0.791. The van der Waals surface area contributed by atoms with Gasteiger partial charge in [-0.15, -0.1) is 10.2 Å². The summed E-state index contributed by atoms with van der Waals surface area (Å²) in [6.07, 6.45) is 0.160. The van der Waals surface area contributed by atoms with Crippen LogP contribution in [-0.2, 0) is 4.79 Å². The Morgan fingerprint density at radius 1 is 0.897 bits per heavy atom. The number of nitrogens with zero attached hydrogens (tertiary/aromatic N) is 6. The Balaban J connectivity index is 1.39. The standard InChI is InChI=1S/C21H26N6O2/c1-15-4-6-16(7-5-15)17-8-9-18(23-22-17)26-10-12-27(13-11-26)19-14-20(28)25(3)21(29)24(19)2/h4-9,19H,10-14H2,1-3H3. The number of hydrogen-bond donors (Lipinski definition) is 0. The molecule has 0 spiro atoms. The molecule has 1 aromatic heterocycles. The van der Waals surface area contributed by atoms with Gasteiger partial charge in [-0.3, -0.25) is 14.6 Å². The Morgan fingerprint density at radius 2 is 1.59 bits per heavy atom. The van der Waals surface area contributed by atoms with Gasteiger partial charge in [-0.05, 0) is 19.1 Å². The van der Waals surface area contributed by atoms with Gasteiger partial charge in [0.25, 0.3) is 0 Å². The number of amides is 3. The molecule has 0 N–H and O–H groups in total. The topological polar surface area (TPSA) is 72.9 Å². The number of anilines is 1. The van der Waals surface area contributed by atoms with Crippen LogP contribution in [0.5, 0.6) is 0 Å². The number of hydrogen-bond acceptors (Lipinski definition) is 6. The molecule has 2 fully saturated rings. The lowest BCUT2D eigenvalue weighted by molar-refractivity contribution is -0.134. The number of rotatable bonds is 3. The second-order valence-corrected chi connectivity index (χ2v) is 7.70. The van der Waals surface area contributed by atoms with E-state index in [9.17, 15) is 9.59 Å². The number of imide groups is 1. The van der Waals surface area contributed by atoms with Crippen molar-refractivity contribution in [1.82, 2.24) is 24.9 Å². The van der Waals surface area contributed by atoms with Gasteiger partial charge in [0.2, 0.25) is 5.91 Å². The molecule has 8 heteroatoms. The second kappa shape index (κ2) is 7.79. The van der Waals surface area contributed by atoms with Crippen LogP contribution in [0.25, 0.3) is 11.3 Å². The molecule has 1 unspecified atom stereocenters. The van der Waals surface area contributed by atoms with E-state index < -0.39 is 0 Å². The monoisotopic (exact) mass is 394 g/mol. The van der Waals surface area contributed by atoms with Crippen LogP contribution in [0, 0.1) is 6.92 Å². The van der Waals surface area contributed by atoms with Crippen LogP contribution in [-0.4, -0.2) is 83.3 Å². The Bertz CT molecular complexity index is 890. The maximum Gasteiger partial charge on any atom is 0.327 e. The van der Waals surface area contributed by atoms with Gasteiger partial charge in [0.15, 0.2) is 5.82 Å². The van der Waals surface area contributed by atoms with E-state index in [1.54, 1.807) is 11.9 Å². The highest BCUT2D eigenvalue weighted by atomic mass is 16.2. The third-order valence-electron chi connectivity index (χ3n) is 5.82. The Kier molecular flexibility index (Phi) is 5.19. The zero-order valence-corrected chi connectivity index (χ0v) is 17.1. The van der Waals surface area contributed by atoms with Gasteiger partial charge in [0, 0.05) is 45.8 Å². The fourth-order valence-electron chi connectivity index (χ4n) is 3.90. The van der Waals surface area contributed by atoms with Crippen molar-refractivity contribution in [2.24, 2.45) is 0 Å². The predicted octanol–water partition coefficient (Wildman–Crippen LogP) is 1.81. The van der Waals surface area contributed by atoms with Crippen molar-refractivity contribution in [1.29, 1.82) is 0 Å². The molecule has 8 nitrogen and oxygen atoms in total. The van der Waals surface area contributed by atoms with E-state index in [0.717, 1.165) is 43.3 Å². The molecule has 1 atom stereocenters. The molecular formula is C21H26N6O2. The van der Waals surface area contributed by atoms with Crippen molar-refractivity contribution in [2.75, 3.05) is 45.2 Å². The molecule has 0 bridgehead atoms. The number of piperazine rings is 1. The average Bonchev–Trinajstić information content (AvgIpc) is 2.76. The molecule has 29 heavy (non-hydrogen) atoms. The molecule has 2 saturated heterocycles. The lowest BCUT2D eigenvalue weighted by Crippen LogP contribution is -2.62. The highest BCUT2D eigenvalue weighted by Gasteiger charge is 2.38. The Morgan fingerprint density at radius 3 is 2.21 bits per heavy atom. The van der Waals surface area contributed by atoms with Crippen molar-refractivity contribution in [2.45, 2.75) is 19.5 Å². The van der Waals surface area contributed by atoms with E-state index in [-0.39, 0.29) is 18.1 Å². The number of aryl methyl sites for hydroxylation is 1. The maximum absolute atomic E-state index is 12.2. The zero-order chi connectivity index (χ0) is 20.5. The van der Waals surface area contributed by atoms with Crippen LogP contribution in [0.15, 0.2) is 36.4 Å². The van der Waals surface area contributed by atoms with E-state index in [4.69, 9.17) is 0 Å². The SMILES string of the molecule is Cc1ccc(-c2ccc(N3CCN(C4CC(=O)N(C)C(=O)N4C)CC3)nn2)cc1. The molecule has 152 valence electrons. The summed E-state index contributed by atoms with van der Waals surface area (Å²) in [6.45, 7) is 5.15. The van der Waals surface area contributed by atoms with Crippen molar-refractivity contribution in [3.8, 4) is 11.3 Å². The Hall–Kier alpha value is -3.00. The highest BCUT2D eigenvalue weighted by molar-refractivity contribution is 5.96. The van der Waals surface area contributed by atoms with Gasteiger partial charge in [-0.1, -0.05) is 29.8 Å². The van der Waals surface area contributed by atoms with Gasteiger partial charge in [0.05, 0.1) is 18.3 Å². The fourth-order valence-corrected chi connectivity index (χ4v) is 3.90. The summed E-state index contributed by atoms with van der Waals surface area (Å²) in [5, 5.41) is 8.81. The van der Waals surface area contributed by atoms with Crippen molar-refractivity contribution in [3.05, 3.63) is 42.0 Å². The van der Waals surface area contributed by atoms with Crippen LogP contribution < -0.4 is 4.90 Å². The summed E-state index contributed by atoms with van der Waals surface area (Å²) in [7, 11) is 3.30. The summed E-state index contributed by atoms with van der Waals surface area (Å²) in [6, 6.07) is 12.0. The third-order valence-corrected chi connectivity index (χ3v) is 5.82. The lowest BCUT2D eigenvalue weighted by atomic mass is 10.1. The van der Waals surface area contributed by atoms with Crippen LogP contribution in [0.3, 0.4) is 0 Å². The molecule has 2 aliphatic rings. The Labute approximate surface area is 170 Å². The molecule has 3 amide bonds. The molecule has 3 heterocycles. The van der Waals surface area contributed by atoms with E-state index in [2.05, 4.69) is 51.2 Å². The number of carbonyl (C=O) groups is 2. The molecule has 4 rings (SSSR count). The first-order chi connectivity index (χ1) is 13.9. The van der Waals surface area contributed by atoms with Gasteiger partial charge in [-0.2, -0.15) is 0 Å². The summed E-state index contributed by atoms with van der Waals surface area (Å²) in [5.41, 5.74) is 3.13. The first kappa shape index (κ1) is 19.3. The minimum absolute atomic E-state index is 0.127. The van der Waals surface area contributed by atoms with Gasteiger partial charge < -0.3 is 9.80 Å². The molecule has 0 radical (unpaired) electrons. The third kappa shape index (κ3) is 3.80. The molecule has 0 saturated carbocycles. The maximum atomic E-state index is 12.2. The van der Waals surface area contributed by atoms with E-state index in [1.165, 1.54) is 17.5 Å². The predicted molar refractivity (Wildman–Crippen MR) is 110 cm³/mol. The van der Waals surface area contributed by atoms with Crippen LogP contribution >= 0.6 is 0 Å². The van der Waals surface area contributed by atoms with E-state index >= 15 is 0 Å². The minimum atomic E-state index is -0.244.